The summed E-state index contributed by atoms with van der Waals surface area (Å²) in [5.74, 6) is 0.851. The number of carbonyl (C=O) groups excluding carboxylic acids is 2. The molecule has 0 spiro atoms. The van der Waals surface area contributed by atoms with E-state index in [1.807, 2.05) is 26.0 Å². The number of aromatic nitrogens is 4. The van der Waals surface area contributed by atoms with E-state index < -0.39 is 0 Å². The molecule has 1 atom stereocenters. The van der Waals surface area contributed by atoms with Crippen LogP contribution < -0.4 is 5.32 Å². The monoisotopic (exact) mass is 480 g/mol. The number of ether oxygens (including phenoxy) is 1. The normalized spacial score (nSPS) is 18.0. The Morgan fingerprint density at radius 1 is 1.24 bits per heavy atom. The van der Waals surface area contributed by atoms with Crippen molar-refractivity contribution in [1.82, 2.24) is 24.8 Å². The third-order valence-corrected chi connectivity index (χ3v) is 7.47. The molecule has 2 fully saturated rings. The SMILES string of the molecule is Cc1nc2nc(NC(C)c3cccnc3)nc(C(=O)N3CC(CC(=O)C4CCOCC4)C3)c2s1. The summed E-state index contributed by atoms with van der Waals surface area (Å²) in [6.07, 6.45) is 5.67. The summed E-state index contributed by atoms with van der Waals surface area (Å²) >= 11 is 1.43. The molecular formula is C24H28N6O3S. The Hall–Kier alpha value is -2.98. The first-order valence-electron chi connectivity index (χ1n) is 11.7. The van der Waals surface area contributed by atoms with Gasteiger partial charge in [-0.15, -0.1) is 11.3 Å². The number of Topliss-reactive ketones (excluding diaryl/α,β-unsaturated/α-hetero) is 1. The van der Waals surface area contributed by atoms with Gasteiger partial charge in [0.05, 0.1) is 11.0 Å². The van der Waals surface area contributed by atoms with E-state index >= 15 is 0 Å². The number of amides is 1. The maximum atomic E-state index is 13.4. The van der Waals surface area contributed by atoms with Gasteiger partial charge in [-0.1, -0.05) is 6.07 Å². The number of nitrogens with zero attached hydrogens (tertiary/aromatic N) is 5. The van der Waals surface area contributed by atoms with Gasteiger partial charge in [0.1, 0.15) is 10.5 Å². The molecule has 9 nitrogen and oxygen atoms in total. The number of nitrogens with one attached hydrogen (secondary N) is 1. The fraction of sp³-hybridized carbons (Fsp3) is 0.500. The van der Waals surface area contributed by atoms with Gasteiger partial charge in [-0.3, -0.25) is 14.6 Å². The zero-order valence-corrected chi connectivity index (χ0v) is 20.2. The molecule has 2 saturated heterocycles. The average Bonchev–Trinajstić information content (AvgIpc) is 3.21. The first kappa shape index (κ1) is 22.8. The predicted molar refractivity (Wildman–Crippen MR) is 129 cm³/mol. The molecule has 0 aliphatic carbocycles. The van der Waals surface area contributed by atoms with Crippen LogP contribution in [0.4, 0.5) is 5.95 Å². The second-order valence-corrected chi connectivity index (χ2v) is 10.3. The molecule has 3 aromatic rings. The van der Waals surface area contributed by atoms with Crippen molar-refractivity contribution in [3.63, 3.8) is 0 Å². The molecule has 5 heterocycles. The van der Waals surface area contributed by atoms with Crippen molar-refractivity contribution in [1.29, 1.82) is 0 Å². The van der Waals surface area contributed by atoms with E-state index in [9.17, 15) is 9.59 Å². The first-order chi connectivity index (χ1) is 16.5. The van der Waals surface area contributed by atoms with Crippen LogP contribution in [0.25, 0.3) is 10.3 Å². The molecule has 10 heteroatoms. The lowest BCUT2D eigenvalue weighted by Gasteiger charge is -2.39. The molecule has 1 unspecified atom stereocenters. The molecule has 178 valence electrons. The summed E-state index contributed by atoms with van der Waals surface area (Å²) in [4.78, 5) is 45.5. The number of rotatable bonds is 7. The van der Waals surface area contributed by atoms with E-state index in [2.05, 4.69) is 25.3 Å². The number of hydrogen-bond acceptors (Lipinski definition) is 9. The van der Waals surface area contributed by atoms with Crippen LogP contribution in [0.1, 0.15) is 53.3 Å². The van der Waals surface area contributed by atoms with Crippen LogP contribution in [0.3, 0.4) is 0 Å². The number of aryl methyl sites for hydroxylation is 1. The van der Waals surface area contributed by atoms with Gasteiger partial charge in [0.15, 0.2) is 11.3 Å². The van der Waals surface area contributed by atoms with Gasteiger partial charge >= 0.3 is 0 Å². The van der Waals surface area contributed by atoms with E-state index in [0.717, 1.165) is 23.4 Å². The third-order valence-electron chi connectivity index (χ3n) is 6.50. The number of thiazole rings is 1. The Morgan fingerprint density at radius 3 is 2.76 bits per heavy atom. The number of ketones is 1. The average molecular weight is 481 g/mol. The van der Waals surface area contributed by atoms with E-state index in [1.54, 1.807) is 17.3 Å². The molecule has 2 aliphatic rings. The minimum atomic E-state index is -0.136. The third kappa shape index (κ3) is 4.78. The maximum Gasteiger partial charge on any atom is 0.274 e. The number of likely N-dealkylation sites (tertiary alicyclic amines) is 1. The highest BCUT2D eigenvalue weighted by Gasteiger charge is 2.36. The van der Waals surface area contributed by atoms with Crippen LogP contribution in [0.15, 0.2) is 24.5 Å². The summed E-state index contributed by atoms with van der Waals surface area (Å²) in [5, 5.41) is 4.11. The summed E-state index contributed by atoms with van der Waals surface area (Å²) in [6, 6.07) is 3.77. The minimum absolute atomic E-state index is 0.0848. The molecule has 34 heavy (non-hydrogen) atoms. The second-order valence-electron chi connectivity index (χ2n) is 9.07. The molecule has 0 bridgehead atoms. The predicted octanol–water partition coefficient (Wildman–Crippen LogP) is 3.42. The fourth-order valence-electron chi connectivity index (χ4n) is 4.53. The van der Waals surface area contributed by atoms with Crippen LogP contribution in [0, 0.1) is 18.8 Å². The van der Waals surface area contributed by atoms with E-state index in [0.29, 0.717) is 60.5 Å². The van der Waals surface area contributed by atoms with E-state index in [1.165, 1.54) is 11.3 Å². The Bertz CT molecular complexity index is 1190. The van der Waals surface area contributed by atoms with Crippen molar-refractivity contribution in [2.45, 2.75) is 39.2 Å². The van der Waals surface area contributed by atoms with Crippen molar-refractivity contribution in [3.05, 3.63) is 40.8 Å². The first-order valence-corrected chi connectivity index (χ1v) is 12.5. The lowest BCUT2D eigenvalue weighted by atomic mass is 9.86. The molecule has 0 radical (unpaired) electrons. The zero-order chi connectivity index (χ0) is 23.7. The quantitative estimate of drug-likeness (QED) is 0.548. The van der Waals surface area contributed by atoms with Crippen LogP contribution in [-0.4, -0.2) is 62.8 Å². The standard InChI is InChI=1S/C24H28N6O3S/c1-14(18-4-3-7-25-11-18)26-24-28-20(21-22(29-24)27-15(2)34-21)23(32)30-12-16(13-30)10-19(31)17-5-8-33-9-6-17/h3-4,7,11,14,16-17H,5-6,8-10,12-13H2,1-2H3,(H,26,28,29). The van der Waals surface area contributed by atoms with Crippen molar-refractivity contribution >= 4 is 39.3 Å². The molecule has 3 aromatic heterocycles. The topological polar surface area (TPSA) is 110 Å². The van der Waals surface area contributed by atoms with Gasteiger partial charge in [-0.2, -0.15) is 4.98 Å². The largest absolute Gasteiger partial charge is 0.381 e. The highest BCUT2D eigenvalue weighted by Crippen LogP contribution is 2.30. The van der Waals surface area contributed by atoms with Crippen molar-refractivity contribution in [2.24, 2.45) is 11.8 Å². The smallest absolute Gasteiger partial charge is 0.274 e. The number of fused-ring (bicyclic) bond motifs is 1. The van der Waals surface area contributed by atoms with Gasteiger partial charge < -0.3 is 15.0 Å². The second kappa shape index (κ2) is 9.71. The van der Waals surface area contributed by atoms with Gasteiger partial charge in [-0.05, 0) is 38.3 Å². The Kier molecular flexibility index (Phi) is 6.51. The van der Waals surface area contributed by atoms with E-state index in [-0.39, 0.29) is 23.8 Å². The lowest BCUT2D eigenvalue weighted by molar-refractivity contribution is -0.127. The van der Waals surface area contributed by atoms with Crippen LogP contribution in [0.2, 0.25) is 0 Å². The summed E-state index contributed by atoms with van der Waals surface area (Å²) < 4.78 is 6.06. The highest BCUT2D eigenvalue weighted by atomic mass is 32.1. The fourth-order valence-corrected chi connectivity index (χ4v) is 5.37. The van der Waals surface area contributed by atoms with Gasteiger partial charge in [0.2, 0.25) is 5.95 Å². The summed E-state index contributed by atoms with van der Waals surface area (Å²) in [7, 11) is 0. The van der Waals surface area contributed by atoms with Crippen molar-refractivity contribution in [2.75, 3.05) is 31.6 Å². The number of hydrogen-bond donors (Lipinski definition) is 1. The number of pyridine rings is 1. The molecule has 1 amide bonds. The zero-order valence-electron chi connectivity index (χ0n) is 19.4. The number of carbonyl (C=O) groups is 2. The highest BCUT2D eigenvalue weighted by molar-refractivity contribution is 7.18. The summed E-state index contributed by atoms with van der Waals surface area (Å²) in [6.45, 7) is 6.37. The Morgan fingerprint density at radius 2 is 2.03 bits per heavy atom. The van der Waals surface area contributed by atoms with Crippen LogP contribution in [-0.2, 0) is 9.53 Å². The molecule has 5 rings (SSSR count). The van der Waals surface area contributed by atoms with Crippen LogP contribution in [0.5, 0.6) is 0 Å². The molecule has 2 aliphatic heterocycles. The van der Waals surface area contributed by atoms with Gasteiger partial charge in [0.25, 0.3) is 5.91 Å². The summed E-state index contributed by atoms with van der Waals surface area (Å²) in [5.41, 5.74) is 1.88. The minimum Gasteiger partial charge on any atom is -0.381 e. The van der Waals surface area contributed by atoms with Crippen molar-refractivity contribution < 1.29 is 14.3 Å². The molecule has 0 saturated carbocycles. The maximum absolute atomic E-state index is 13.4. The Labute approximate surface area is 202 Å². The molecular weight excluding hydrogens is 452 g/mol. The number of anilines is 1. The molecule has 0 aromatic carbocycles. The van der Waals surface area contributed by atoms with Crippen LogP contribution >= 0.6 is 11.3 Å². The van der Waals surface area contributed by atoms with Gasteiger partial charge in [-0.25, -0.2) is 9.97 Å². The Balaban J connectivity index is 1.29. The molecule has 1 N–H and O–H groups in total. The van der Waals surface area contributed by atoms with Gasteiger partial charge in [0, 0.05) is 57.0 Å². The van der Waals surface area contributed by atoms with Crippen molar-refractivity contribution in [3.8, 4) is 0 Å². The van der Waals surface area contributed by atoms with E-state index in [4.69, 9.17) is 4.74 Å². The lowest BCUT2D eigenvalue weighted by Crippen LogP contribution is -2.51.